The van der Waals surface area contributed by atoms with Crippen LogP contribution in [0.2, 0.25) is 0 Å². The summed E-state index contributed by atoms with van der Waals surface area (Å²) in [5.41, 5.74) is 0.854. The molecule has 0 bridgehead atoms. The number of aryl methyl sites for hydroxylation is 2. The maximum atomic E-state index is 13.0. The van der Waals surface area contributed by atoms with E-state index in [2.05, 4.69) is 25.6 Å². The number of hydrogen-bond donors (Lipinski definition) is 2. The van der Waals surface area contributed by atoms with Crippen LogP contribution in [0.1, 0.15) is 51.1 Å². The molecule has 1 aliphatic rings. The number of alkyl halides is 3. The van der Waals surface area contributed by atoms with Gasteiger partial charge in [-0.25, -0.2) is 15.0 Å². The quantitative estimate of drug-likeness (QED) is 0.560. The van der Waals surface area contributed by atoms with Gasteiger partial charge in [-0.15, -0.1) is 11.3 Å². The summed E-state index contributed by atoms with van der Waals surface area (Å²) in [4.78, 5) is 27.0. The lowest BCUT2D eigenvalue weighted by molar-refractivity contribution is -0.137. The van der Waals surface area contributed by atoms with Crippen LogP contribution >= 0.6 is 11.3 Å². The summed E-state index contributed by atoms with van der Waals surface area (Å²) in [7, 11) is 0. The lowest BCUT2D eigenvalue weighted by Crippen LogP contribution is -2.29. The zero-order valence-corrected chi connectivity index (χ0v) is 17.2. The van der Waals surface area contributed by atoms with Crippen LogP contribution in [-0.4, -0.2) is 33.9 Å². The SMILES string of the molecule is Cc1nc(C2CC2)nc2sc(C(=O)NCCNc3ncccc3C(F)(F)F)c(C)c12. The molecule has 3 aromatic heterocycles. The maximum Gasteiger partial charge on any atom is 0.419 e. The molecule has 3 aromatic rings. The number of carbonyl (C=O) groups is 1. The van der Waals surface area contributed by atoms with E-state index in [-0.39, 0.29) is 24.8 Å². The number of halogens is 3. The predicted octanol–water partition coefficient (Wildman–Crippen LogP) is 4.44. The summed E-state index contributed by atoms with van der Waals surface area (Å²) in [5.74, 6) is 0.734. The Hall–Kier alpha value is -2.75. The first-order valence-corrected chi connectivity index (χ1v) is 10.4. The van der Waals surface area contributed by atoms with Crippen LogP contribution in [0.15, 0.2) is 18.3 Å². The van der Waals surface area contributed by atoms with Crippen LogP contribution in [0, 0.1) is 13.8 Å². The summed E-state index contributed by atoms with van der Waals surface area (Å²) >= 11 is 1.32. The third-order valence-corrected chi connectivity index (χ3v) is 6.14. The van der Waals surface area contributed by atoms with Gasteiger partial charge in [-0.2, -0.15) is 13.2 Å². The summed E-state index contributed by atoms with van der Waals surface area (Å²) in [6, 6.07) is 2.20. The Morgan fingerprint density at radius 2 is 2.00 bits per heavy atom. The van der Waals surface area contributed by atoms with Gasteiger partial charge in [-0.05, 0) is 44.4 Å². The van der Waals surface area contributed by atoms with Crippen LogP contribution in [0.4, 0.5) is 19.0 Å². The van der Waals surface area contributed by atoms with Crippen LogP contribution in [0.25, 0.3) is 10.2 Å². The smallest absolute Gasteiger partial charge is 0.368 e. The fourth-order valence-electron chi connectivity index (χ4n) is 3.31. The number of amides is 1. The van der Waals surface area contributed by atoms with Gasteiger partial charge in [0.15, 0.2) is 0 Å². The van der Waals surface area contributed by atoms with Gasteiger partial charge < -0.3 is 10.6 Å². The van der Waals surface area contributed by atoms with Crippen molar-refractivity contribution < 1.29 is 18.0 Å². The van der Waals surface area contributed by atoms with Crippen molar-refractivity contribution in [3.8, 4) is 0 Å². The minimum atomic E-state index is -4.49. The molecule has 0 saturated heterocycles. The monoisotopic (exact) mass is 435 g/mol. The van der Waals surface area contributed by atoms with Crippen molar-refractivity contribution in [1.82, 2.24) is 20.3 Å². The van der Waals surface area contributed by atoms with E-state index >= 15 is 0 Å². The Morgan fingerprint density at radius 3 is 2.70 bits per heavy atom. The second-order valence-electron chi connectivity index (χ2n) is 7.26. The highest BCUT2D eigenvalue weighted by Crippen LogP contribution is 2.40. The van der Waals surface area contributed by atoms with Gasteiger partial charge in [-0.1, -0.05) is 0 Å². The van der Waals surface area contributed by atoms with Crippen LogP contribution in [-0.2, 0) is 6.18 Å². The second kappa shape index (κ2) is 7.82. The highest BCUT2D eigenvalue weighted by atomic mass is 32.1. The van der Waals surface area contributed by atoms with Crippen LogP contribution in [0.3, 0.4) is 0 Å². The molecule has 1 aliphatic carbocycles. The van der Waals surface area contributed by atoms with Crippen LogP contribution in [0.5, 0.6) is 0 Å². The number of hydrogen-bond acceptors (Lipinski definition) is 6. The van der Waals surface area contributed by atoms with Gasteiger partial charge in [0.25, 0.3) is 5.91 Å². The predicted molar refractivity (Wildman–Crippen MR) is 109 cm³/mol. The molecule has 10 heteroatoms. The number of carbonyl (C=O) groups excluding carboxylic acids is 1. The number of nitrogens with one attached hydrogen (secondary N) is 2. The Bertz CT molecular complexity index is 1110. The third kappa shape index (κ3) is 4.09. The molecule has 0 unspecified atom stereocenters. The van der Waals surface area contributed by atoms with Crippen LogP contribution < -0.4 is 10.6 Å². The highest BCUT2D eigenvalue weighted by Gasteiger charge is 2.34. The normalized spacial score (nSPS) is 14.2. The Morgan fingerprint density at radius 1 is 1.23 bits per heavy atom. The molecule has 6 nitrogen and oxygen atoms in total. The van der Waals surface area contributed by atoms with Crippen molar-refractivity contribution in [3.05, 3.63) is 45.9 Å². The van der Waals surface area contributed by atoms with Crippen molar-refractivity contribution in [1.29, 1.82) is 0 Å². The van der Waals surface area contributed by atoms with E-state index in [4.69, 9.17) is 0 Å². The van der Waals surface area contributed by atoms with E-state index in [1.807, 2.05) is 13.8 Å². The average molecular weight is 435 g/mol. The Kier molecular flexibility index (Phi) is 5.35. The number of anilines is 1. The van der Waals surface area contributed by atoms with Gasteiger partial charge in [0.05, 0.1) is 16.1 Å². The largest absolute Gasteiger partial charge is 0.419 e. The molecule has 1 amide bonds. The van der Waals surface area contributed by atoms with Crippen molar-refractivity contribution >= 4 is 33.3 Å². The van der Waals surface area contributed by atoms with Crippen molar-refractivity contribution in [2.75, 3.05) is 18.4 Å². The summed E-state index contributed by atoms with van der Waals surface area (Å²) in [6.07, 6.45) is -1.01. The number of pyridine rings is 1. The number of aromatic nitrogens is 3. The number of rotatable bonds is 6. The Labute approximate surface area is 175 Å². The van der Waals surface area contributed by atoms with Gasteiger partial charge >= 0.3 is 6.18 Å². The summed E-state index contributed by atoms with van der Waals surface area (Å²) in [6.45, 7) is 4.05. The first-order chi connectivity index (χ1) is 14.3. The van der Waals surface area contributed by atoms with Crippen molar-refractivity contribution in [2.24, 2.45) is 0 Å². The number of thiophene rings is 1. The molecular weight excluding hydrogens is 415 g/mol. The van der Waals surface area contributed by atoms with E-state index < -0.39 is 11.7 Å². The number of fused-ring (bicyclic) bond motifs is 1. The van der Waals surface area contributed by atoms with E-state index in [1.54, 1.807) is 0 Å². The topological polar surface area (TPSA) is 79.8 Å². The molecular formula is C20H20F3N5OS. The summed E-state index contributed by atoms with van der Waals surface area (Å²) in [5, 5.41) is 6.29. The lowest BCUT2D eigenvalue weighted by atomic mass is 10.1. The zero-order chi connectivity index (χ0) is 21.5. The molecule has 30 heavy (non-hydrogen) atoms. The molecule has 158 valence electrons. The molecule has 0 aromatic carbocycles. The molecule has 1 fully saturated rings. The third-order valence-electron chi connectivity index (χ3n) is 4.95. The molecule has 0 aliphatic heterocycles. The summed E-state index contributed by atoms with van der Waals surface area (Å²) < 4.78 is 39.0. The molecule has 4 rings (SSSR count). The van der Waals surface area contributed by atoms with Crippen molar-refractivity contribution in [3.63, 3.8) is 0 Å². The molecule has 0 radical (unpaired) electrons. The molecule has 2 N–H and O–H groups in total. The van der Waals surface area contributed by atoms with E-state index in [1.165, 1.54) is 23.6 Å². The van der Waals surface area contributed by atoms with Gasteiger partial charge in [0.2, 0.25) is 0 Å². The van der Waals surface area contributed by atoms with Gasteiger partial charge in [0.1, 0.15) is 16.5 Å². The lowest BCUT2D eigenvalue weighted by Gasteiger charge is -2.13. The minimum absolute atomic E-state index is 0.112. The minimum Gasteiger partial charge on any atom is -0.368 e. The molecule has 0 atom stereocenters. The zero-order valence-electron chi connectivity index (χ0n) is 16.4. The first kappa shape index (κ1) is 20.5. The first-order valence-electron chi connectivity index (χ1n) is 9.57. The second-order valence-corrected chi connectivity index (χ2v) is 8.26. The fourth-order valence-corrected chi connectivity index (χ4v) is 4.47. The van der Waals surface area contributed by atoms with Crippen molar-refractivity contribution in [2.45, 2.75) is 38.8 Å². The highest BCUT2D eigenvalue weighted by molar-refractivity contribution is 7.20. The number of nitrogens with zero attached hydrogens (tertiary/aromatic N) is 3. The fraction of sp³-hybridized carbons (Fsp3) is 0.400. The van der Waals surface area contributed by atoms with Gasteiger partial charge in [-0.3, -0.25) is 4.79 Å². The average Bonchev–Trinajstić information content (AvgIpc) is 3.48. The van der Waals surface area contributed by atoms with E-state index in [0.717, 1.165) is 46.2 Å². The Balaban J connectivity index is 1.42. The molecule has 0 spiro atoms. The molecule has 1 saturated carbocycles. The molecule has 3 heterocycles. The van der Waals surface area contributed by atoms with E-state index in [0.29, 0.717) is 10.8 Å². The van der Waals surface area contributed by atoms with Gasteiger partial charge in [0, 0.05) is 30.6 Å². The van der Waals surface area contributed by atoms with E-state index in [9.17, 15) is 18.0 Å². The standard InChI is InChI=1S/C20H20F3N5OS/c1-10-14-11(2)27-16(12-5-6-12)28-19(14)30-15(10)18(29)26-9-8-25-17-13(20(21,22)23)4-3-7-24-17/h3-4,7,12H,5-6,8-9H2,1-2H3,(H,24,25)(H,26,29). The maximum absolute atomic E-state index is 13.0.